The van der Waals surface area contributed by atoms with Gasteiger partial charge in [-0.2, -0.15) is 4.72 Å². The van der Waals surface area contributed by atoms with Gasteiger partial charge in [0.15, 0.2) is 6.10 Å². The number of benzene rings is 2. The van der Waals surface area contributed by atoms with E-state index in [1.807, 2.05) is 5.32 Å². The fraction of sp³-hybridized carbons (Fsp3) is 0.286. The topological polar surface area (TPSA) is 131 Å². The molecule has 0 aromatic heterocycles. The number of para-hydroxylation sites is 1. The van der Waals surface area contributed by atoms with Gasteiger partial charge in [-0.3, -0.25) is 14.9 Å². The minimum Gasteiger partial charge on any atom is -0.451 e. The maximum absolute atomic E-state index is 13.9. The molecule has 0 aliphatic rings. The lowest BCUT2D eigenvalue weighted by atomic mass is 10.1. The zero-order valence-electron chi connectivity index (χ0n) is 17.7. The lowest BCUT2D eigenvalue weighted by Gasteiger charge is -2.22. The van der Waals surface area contributed by atoms with Crippen LogP contribution in [0.5, 0.6) is 0 Å². The molecule has 0 aliphatic heterocycles. The molecule has 2 aromatic rings. The maximum atomic E-state index is 13.9. The lowest BCUT2D eigenvalue weighted by Crippen LogP contribution is -2.48. The maximum Gasteiger partial charge on any atom is 0.325 e. The summed E-state index contributed by atoms with van der Waals surface area (Å²) < 4.78 is 46.1. The molecule has 9 nitrogen and oxygen atoms in total. The zero-order chi connectivity index (χ0) is 23.9. The van der Waals surface area contributed by atoms with Gasteiger partial charge in [0, 0.05) is 5.69 Å². The first kappa shape index (κ1) is 25.0. The Labute approximate surface area is 185 Å². The van der Waals surface area contributed by atoms with Gasteiger partial charge in [0.1, 0.15) is 16.8 Å². The number of rotatable bonds is 8. The molecule has 2 atom stereocenters. The minimum absolute atomic E-state index is 0.449. The van der Waals surface area contributed by atoms with E-state index in [-0.39, 0.29) is 0 Å². The summed E-state index contributed by atoms with van der Waals surface area (Å²) in [7, 11) is -4.38. The number of carbonyl (C=O) groups excluding carboxylic acids is 3. The molecular formula is C21H24FN3O6S. The van der Waals surface area contributed by atoms with Crippen LogP contribution in [-0.4, -0.2) is 38.5 Å². The van der Waals surface area contributed by atoms with E-state index < -0.39 is 56.7 Å². The third-order valence-corrected chi connectivity index (χ3v) is 5.73. The molecule has 0 saturated carbocycles. The van der Waals surface area contributed by atoms with E-state index in [1.165, 1.54) is 19.1 Å². The number of carbonyl (C=O) groups is 3. The smallest absolute Gasteiger partial charge is 0.325 e. The first-order valence-electron chi connectivity index (χ1n) is 9.65. The van der Waals surface area contributed by atoms with Gasteiger partial charge in [0.25, 0.3) is 5.91 Å². The molecule has 0 spiro atoms. The van der Waals surface area contributed by atoms with Gasteiger partial charge in [-0.1, -0.05) is 44.2 Å². The molecule has 0 fully saturated rings. The Morgan fingerprint density at radius 1 is 0.938 bits per heavy atom. The van der Waals surface area contributed by atoms with Crippen LogP contribution >= 0.6 is 0 Å². The van der Waals surface area contributed by atoms with Crippen LogP contribution in [0.25, 0.3) is 0 Å². The summed E-state index contributed by atoms with van der Waals surface area (Å²) in [6.07, 6.45) is -1.40. The number of esters is 1. The van der Waals surface area contributed by atoms with E-state index in [0.29, 0.717) is 5.69 Å². The Morgan fingerprint density at radius 3 is 2.12 bits per heavy atom. The molecule has 1 unspecified atom stereocenters. The van der Waals surface area contributed by atoms with E-state index in [2.05, 4.69) is 10.0 Å². The first-order valence-corrected chi connectivity index (χ1v) is 11.1. The summed E-state index contributed by atoms with van der Waals surface area (Å²) in [5.41, 5.74) is 0.449. The number of ether oxygens (including phenoxy) is 1. The number of imide groups is 1. The quantitative estimate of drug-likeness (QED) is 0.513. The van der Waals surface area contributed by atoms with Gasteiger partial charge >= 0.3 is 12.0 Å². The van der Waals surface area contributed by atoms with E-state index >= 15 is 0 Å². The molecule has 0 bridgehead atoms. The second-order valence-corrected chi connectivity index (χ2v) is 8.84. The monoisotopic (exact) mass is 465 g/mol. The summed E-state index contributed by atoms with van der Waals surface area (Å²) in [6, 6.07) is 10.8. The summed E-state index contributed by atoms with van der Waals surface area (Å²) in [5.74, 6) is -3.52. The highest BCUT2D eigenvalue weighted by molar-refractivity contribution is 7.89. The van der Waals surface area contributed by atoms with Crippen LogP contribution in [0.3, 0.4) is 0 Å². The second kappa shape index (κ2) is 10.8. The van der Waals surface area contributed by atoms with Crippen LogP contribution in [0.15, 0.2) is 59.5 Å². The SMILES string of the molecule is CC(OC(=O)[C@@H](NS(=O)(=O)c1ccccc1F)C(C)C)C(=O)NC(=O)Nc1ccccc1. The normalized spacial score (nSPS) is 13.2. The van der Waals surface area contributed by atoms with Crippen molar-refractivity contribution in [2.24, 2.45) is 5.92 Å². The van der Waals surface area contributed by atoms with Gasteiger partial charge in [0.05, 0.1) is 0 Å². The Hall–Kier alpha value is -3.31. The Balaban J connectivity index is 2.01. The van der Waals surface area contributed by atoms with E-state index in [4.69, 9.17) is 4.74 Å². The van der Waals surface area contributed by atoms with Crippen molar-refractivity contribution in [2.45, 2.75) is 37.8 Å². The summed E-state index contributed by atoms with van der Waals surface area (Å²) >= 11 is 0. The van der Waals surface area contributed by atoms with E-state index in [0.717, 1.165) is 12.1 Å². The van der Waals surface area contributed by atoms with Crippen LogP contribution in [0, 0.1) is 11.7 Å². The number of sulfonamides is 1. The standard InChI is InChI=1S/C21H24FN3O6S/c1-13(2)18(25-32(29,30)17-12-8-7-11-16(17)22)20(27)31-14(3)19(26)24-21(28)23-15-9-5-4-6-10-15/h4-14,18,25H,1-3H3,(H2,23,24,26,28)/t14?,18-/m0/s1. The van der Waals surface area contributed by atoms with Crippen LogP contribution in [0.1, 0.15) is 20.8 Å². The molecule has 0 radical (unpaired) electrons. The number of hydrogen-bond donors (Lipinski definition) is 3. The molecule has 3 amide bonds. The average Bonchev–Trinajstić information content (AvgIpc) is 2.72. The Morgan fingerprint density at radius 2 is 1.53 bits per heavy atom. The molecule has 0 saturated heterocycles. The highest BCUT2D eigenvalue weighted by atomic mass is 32.2. The van der Waals surface area contributed by atoms with Crippen molar-refractivity contribution >= 4 is 33.6 Å². The molecule has 32 heavy (non-hydrogen) atoms. The predicted molar refractivity (Wildman–Crippen MR) is 115 cm³/mol. The van der Waals surface area contributed by atoms with Gasteiger partial charge < -0.3 is 10.1 Å². The van der Waals surface area contributed by atoms with Crippen molar-refractivity contribution in [2.75, 3.05) is 5.32 Å². The number of hydrogen-bond acceptors (Lipinski definition) is 6. The average molecular weight is 466 g/mol. The van der Waals surface area contributed by atoms with E-state index in [9.17, 15) is 27.2 Å². The largest absolute Gasteiger partial charge is 0.451 e. The highest BCUT2D eigenvalue weighted by Crippen LogP contribution is 2.16. The van der Waals surface area contributed by atoms with Crippen molar-refractivity contribution in [1.82, 2.24) is 10.0 Å². The molecular weight excluding hydrogens is 441 g/mol. The van der Waals surface area contributed by atoms with Crippen molar-refractivity contribution in [3.63, 3.8) is 0 Å². The van der Waals surface area contributed by atoms with Gasteiger partial charge in [0.2, 0.25) is 10.0 Å². The number of halogens is 1. The van der Waals surface area contributed by atoms with Gasteiger partial charge in [-0.05, 0) is 37.1 Å². The highest BCUT2D eigenvalue weighted by Gasteiger charge is 2.33. The van der Waals surface area contributed by atoms with Crippen LogP contribution in [-0.2, 0) is 24.3 Å². The minimum atomic E-state index is -4.38. The summed E-state index contributed by atoms with van der Waals surface area (Å²) in [5, 5.41) is 4.47. The molecule has 2 rings (SSSR count). The van der Waals surface area contributed by atoms with Gasteiger partial charge in [-0.15, -0.1) is 0 Å². The third kappa shape index (κ3) is 6.86. The van der Waals surface area contributed by atoms with Crippen molar-refractivity contribution in [1.29, 1.82) is 0 Å². The molecule has 0 heterocycles. The number of nitrogens with one attached hydrogen (secondary N) is 3. The molecule has 172 valence electrons. The molecule has 0 aliphatic carbocycles. The van der Waals surface area contributed by atoms with Gasteiger partial charge in [-0.25, -0.2) is 17.6 Å². The molecule has 2 aromatic carbocycles. The predicted octanol–water partition coefficient (Wildman–Crippen LogP) is 2.41. The first-order chi connectivity index (χ1) is 15.0. The van der Waals surface area contributed by atoms with Crippen LogP contribution in [0.2, 0.25) is 0 Å². The van der Waals surface area contributed by atoms with Crippen molar-refractivity contribution in [3.8, 4) is 0 Å². The van der Waals surface area contributed by atoms with Crippen molar-refractivity contribution < 1.29 is 31.9 Å². The fourth-order valence-electron chi connectivity index (χ4n) is 2.55. The van der Waals surface area contributed by atoms with Crippen LogP contribution in [0.4, 0.5) is 14.9 Å². The fourth-order valence-corrected chi connectivity index (χ4v) is 3.96. The number of anilines is 1. The number of urea groups is 1. The Bertz CT molecular complexity index is 1080. The summed E-state index contributed by atoms with van der Waals surface area (Å²) in [6.45, 7) is 4.33. The van der Waals surface area contributed by atoms with Crippen molar-refractivity contribution in [3.05, 3.63) is 60.4 Å². The van der Waals surface area contributed by atoms with E-state index in [1.54, 1.807) is 44.2 Å². The second-order valence-electron chi connectivity index (χ2n) is 7.16. The summed E-state index contributed by atoms with van der Waals surface area (Å²) in [4.78, 5) is 36.0. The molecule has 11 heteroatoms. The molecule has 3 N–H and O–H groups in total. The number of amides is 3. The Kier molecular flexibility index (Phi) is 8.44. The lowest BCUT2D eigenvalue weighted by molar-refractivity contribution is -0.157. The third-order valence-electron chi connectivity index (χ3n) is 4.26. The van der Waals surface area contributed by atoms with Crippen LogP contribution < -0.4 is 15.4 Å². The zero-order valence-corrected chi connectivity index (χ0v) is 18.5.